The standard InChI is InChI=1S/C22H21N3O6/c26-21(8-5-15-3-1-2-4-18(15)25(28)29)24-11-9-16(10-12-24)22(27)23-17-6-7-19-20(13-17)31-14-30-19/h1-8,13,16H,9-12,14H2,(H,23,27)/b8-5+. The number of nitro groups is 1. The van der Waals surface area contributed by atoms with Crippen LogP contribution in [-0.2, 0) is 9.59 Å². The van der Waals surface area contributed by atoms with E-state index in [-0.39, 0.29) is 30.2 Å². The highest BCUT2D eigenvalue weighted by Crippen LogP contribution is 2.34. The maximum Gasteiger partial charge on any atom is 0.276 e. The molecular formula is C22H21N3O6. The molecule has 2 aromatic rings. The van der Waals surface area contributed by atoms with Crippen LogP contribution in [0.3, 0.4) is 0 Å². The summed E-state index contributed by atoms with van der Waals surface area (Å²) in [6, 6.07) is 11.5. The molecule has 0 aliphatic carbocycles. The van der Waals surface area contributed by atoms with E-state index in [9.17, 15) is 19.7 Å². The van der Waals surface area contributed by atoms with Gasteiger partial charge in [0.2, 0.25) is 18.6 Å². The third-order valence-electron chi connectivity index (χ3n) is 5.36. The van der Waals surface area contributed by atoms with E-state index in [2.05, 4.69) is 5.32 Å². The number of carbonyl (C=O) groups is 2. The Hall–Kier alpha value is -3.88. The number of hydrogen-bond donors (Lipinski definition) is 1. The first-order chi connectivity index (χ1) is 15.0. The number of rotatable bonds is 5. The molecule has 2 aliphatic heterocycles. The minimum absolute atomic E-state index is 0.0505. The normalized spacial score (nSPS) is 15.8. The molecule has 0 aromatic heterocycles. The van der Waals surface area contributed by atoms with Crippen LogP contribution >= 0.6 is 0 Å². The van der Waals surface area contributed by atoms with Crippen molar-refractivity contribution in [3.05, 3.63) is 64.2 Å². The number of amides is 2. The monoisotopic (exact) mass is 423 g/mol. The lowest BCUT2D eigenvalue weighted by molar-refractivity contribution is -0.385. The van der Waals surface area contributed by atoms with Crippen LogP contribution in [-0.4, -0.2) is 41.5 Å². The van der Waals surface area contributed by atoms with Crippen molar-refractivity contribution >= 4 is 29.3 Å². The van der Waals surface area contributed by atoms with Crippen LogP contribution in [0.25, 0.3) is 6.08 Å². The van der Waals surface area contributed by atoms with Gasteiger partial charge < -0.3 is 19.7 Å². The van der Waals surface area contributed by atoms with Gasteiger partial charge in [-0.2, -0.15) is 0 Å². The van der Waals surface area contributed by atoms with Crippen LogP contribution < -0.4 is 14.8 Å². The number of likely N-dealkylation sites (tertiary alicyclic amines) is 1. The third kappa shape index (κ3) is 4.66. The molecule has 0 saturated carbocycles. The summed E-state index contributed by atoms with van der Waals surface area (Å²) in [5, 5.41) is 14.0. The molecule has 0 unspecified atom stereocenters. The van der Waals surface area contributed by atoms with Crippen molar-refractivity contribution in [1.82, 2.24) is 4.90 Å². The molecule has 0 bridgehead atoms. The van der Waals surface area contributed by atoms with Crippen LogP contribution in [0.2, 0.25) is 0 Å². The van der Waals surface area contributed by atoms with E-state index in [0.29, 0.717) is 48.7 Å². The van der Waals surface area contributed by atoms with Crippen LogP contribution in [0.5, 0.6) is 11.5 Å². The van der Waals surface area contributed by atoms with Gasteiger partial charge in [-0.25, -0.2) is 0 Å². The topological polar surface area (TPSA) is 111 Å². The van der Waals surface area contributed by atoms with Gasteiger partial charge >= 0.3 is 0 Å². The fourth-order valence-corrected chi connectivity index (χ4v) is 3.64. The number of carbonyl (C=O) groups excluding carboxylic acids is 2. The Morgan fingerprint density at radius 1 is 1.10 bits per heavy atom. The van der Waals surface area contributed by atoms with Crippen LogP contribution in [0.15, 0.2) is 48.5 Å². The zero-order valence-corrected chi connectivity index (χ0v) is 16.7. The summed E-state index contributed by atoms with van der Waals surface area (Å²) in [6.45, 7) is 1.06. The fourth-order valence-electron chi connectivity index (χ4n) is 3.64. The number of piperidine rings is 1. The Labute approximate surface area is 178 Å². The third-order valence-corrected chi connectivity index (χ3v) is 5.36. The SMILES string of the molecule is O=C(Nc1ccc2c(c1)OCO2)C1CCN(C(=O)/C=C/c2ccccc2[N+](=O)[O-])CC1. The fraction of sp³-hybridized carbons (Fsp3) is 0.273. The quantitative estimate of drug-likeness (QED) is 0.449. The lowest BCUT2D eigenvalue weighted by Gasteiger charge is -2.30. The first kappa shape index (κ1) is 20.4. The van der Waals surface area contributed by atoms with Crippen molar-refractivity contribution in [2.24, 2.45) is 5.92 Å². The van der Waals surface area contributed by atoms with Crippen molar-refractivity contribution in [3.63, 3.8) is 0 Å². The van der Waals surface area contributed by atoms with Gasteiger partial charge in [-0.3, -0.25) is 19.7 Å². The van der Waals surface area contributed by atoms with Crippen molar-refractivity contribution in [2.75, 3.05) is 25.2 Å². The molecule has 160 valence electrons. The number of nitro benzene ring substituents is 1. The molecule has 2 aliphatic rings. The smallest absolute Gasteiger partial charge is 0.276 e. The number of fused-ring (bicyclic) bond motifs is 1. The zero-order valence-electron chi connectivity index (χ0n) is 16.7. The molecule has 31 heavy (non-hydrogen) atoms. The number of nitrogens with one attached hydrogen (secondary N) is 1. The summed E-state index contributed by atoms with van der Waals surface area (Å²) >= 11 is 0. The van der Waals surface area contributed by atoms with E-state index in [1.54, 1.807) is 41.3 Å². The zero-order chi connectivity index (χ0) is 21.8. The largest absolute Gasteiger partial charge is 0.454 e. The molecule has 1 N–H and O–H groups in total. The maximum atomic E-state index is 12.6. The first-order valence-corrected chi connectivity index (χ1v) is 9.92. The van der Waals surface area contributed by atoms with Crippen molar-refractivity contribution in [3.8, 4) is 11.5 Å². The molecule has 0 atom stereocenters. The molecule has 1 fully saturated rings. The average molecular weight is 423 g/mol. The second kappa shape index (κ2) is 8.86. The molecule has 9 heteroatoms. The summed E-state index contributed by atoms with van der Waals surface area (Å²) in [5.41, 5.74) is 0.962. The predicted molar refractivity (Wildman–Crippen MR) is 113 cm³/mol. The Kier molecular flexibility index (Phi) is 5.83. The van der Waals surface area contributed by atoms with Gasteiger partial charge in [0, 0.05) is 42.9 Å². The number of hydrogen-bond acceptors (Lipinski definition) is 6. The van der Waals surface area contributed by atoms with Crippen LogP contribution in [0, 0.1) is 16.0 Å². The summed E-state index contributed by atoms with van der Waals surface area (Å²) in [5.74, 6) is 0.727. The Morgan fingerprint density at radius 2 is 1.84 bits per heavy atom. The van der Waals surface area contributed by atoms with Crippen LogP contribution in [0.1, 0.15) is 18.4 Å². The van der Waals surface area contributed by atoms with E-state index < -0.39 is 4.92 Å². The van der Waals surface area contributed by atoms with Gasteiger partial charge in [-0.1, -0.05) is 12.1 Å². The molecule has 4 rings (SSSR count). The van der Waals surface area contributed by atoms with E-state index in [0.717, 1.165) is 0 Å². The van der Waals surface area contributed by atoms with Crippen molar-refractivity contribution in [2.45, 2.75) is 12.8 Å². The second-order valence-electron chi connectivity index (χ2n) is 7.31. The van der Waals surface area contributed by atoms with E-state index >= 15 is 0 Å². The molecule has 2 amide bonds. The molecular weight excluding hydrogens is 402 g/mol. The highest BCUT2D eigenvalue weighted by Gasteiger charge is 2.27. The maximum absolute atomic E-state index is 12.6. The average Bonchev–Trinajstić information content (AvgIpc) is 3.25. The van der Waals surface area contributed by atoms with Crippen LogP contribution in [0.4, 0.5) is 11.4 Å². The van der Waals surface area contributed by atoms with Gasteiger partial charge in [0.05, 0.1) is 10.5 Å². The number of ether oxygens (including phenoxy) is 2. The summed E-state index contributed by atoms with van der Waals surface area (Å²) in [4.78, 5) is 37.3. The molecule has 2 aromatic carbocycles. The summed E-state index contributed by atoms with van der Waals surface area (Å²) in [6.07, 6.45) is 3.89. The Morgan fingerprint density at radius 3 is 2.61 bits per heavy atom. The highest BCUT2D eigenvalue weighted by atomic mass is 16.7. The van der Waals surface area contributed by atoms with E-state index in [4.69, 9.17) is 9.47 Å². The highest BCUT2D eigenvalue weighted by molar-refractivity contribution is 5.94. The van der Waals surface area contributed by atoms with Gasteiger partial charge in [0.1, 0.15) is 0 Å². The summed E-state index contributed by atoms with van der Waals surface area (Å²) in [7, 11) is 0. The molecule has 0 spiro atoms. The lowest BCUT2D eigenvalue weighted by Crippen LogP contribution is -2.40. The molecule has 0 radical (unpaired) electrons. The number of para-hydroxylation sites is 1. The van der Waals surface area contributed by atoms with Crippen molar-refractivity contribution in [1.29, 1.82) is 0 Å². The Balaban J connectivity index is 1.30. The number of nitrogens with zero attached hydrogens (tertiary/aromatic N) is 2. The molecule has 2 heterocycles. The lowest BCUT2D eigenvalue weighted by atomic mass is 9.95. The molecule has 9 nitrogen and oxygen atoms in total. The van der Waals surface area contributed by atoms with Crippen molar-refractivity contribution < 1.29 is 24.0 Å². The number of anilines is 1. The minimum atomic E-state index is -0.478. The van der Waals surface area contributed by atoms with Gasteiger partial charge in [-0.15, -0.1) is 0 Å². The van der Waals surface area contributed by atoms with E-state index in [1.807, 2.05) is 0 Å². The predicted octanol–water partition coefficient (Wildman–Crippen LogP) is 3.21. The van der Waals surface area contributed by atoms with Gasteiger partial charge in [0.15, 0.2) is 11.5 Å². The number of benzene rings is 2. The van der Waals surface area contributed by atoms with E-state index in [1.165, 1.54) is 18.2 Å². The first-order valence-electron chi connectivity index (χ1n) is 9.92. The minimum Gasteiger partial charge on any atom is -0.454 e. The molecule has 1 saturated heterocycles. The summed E-state index contributed by atoms with van der Waals surface area (Å²) < 4.78 is 10.6. The second-order valence-corrected chi connectivity index (χ2v) is 7.31. The van der Waals surface area contributed by atoms with Gasteiger partial charge in [0.25, 0.3) is 5.69 Å². The van der Waals surface area contributed by atoms with Gasteiger partial charge in [-0.05, 0) is 37.1 Å². The Bertz CT molecular complexity index is 1040.